The molecule has 1 amide bonds. The van der Waals surface area contributed by atoms with Crippen LogP contribution < -0.4 is 10.6 Å². The summed E-state index contributed by atoms with van der Waals surface area (Å²) in [5, 5.41) is 15.4. The Morgan fingerprint density at radius 3 is 2.44 bits per heavy atom. The second-order valence-electron chi connectivity index (χ2n) is 6.57. The molecule has 2 rings (SSSR count). The Labute approximate surface area is 161 Å². The van der Waals surface area contributed by atoms with Crippen molar-refractivity contribution in [3.05, 3.63) is 76.5 Å². The number of benzene rings is 2. The van der Waals surface area contributed by atoms with Gasteiger partial charge in [-0.15, -0.1) is 0 Å². The highest BCUT2D eigenvalue weighted by molar-refractivity contribution is 5.97. The molecular weight excluding hydrogens is 334 g/mol. The van der Waals surface area contributed by atoms with Crippen molar-refractivity contribution >= 4 is 11.6 Å². The van der Waals surface area contributed by atoms with E-state index in [1.165, 1.54) is 11.8 Å². The van der Waals surface area contributed by atoms with E-state index in [0.717, 1.165) is 35.2 Å². The molecule has 0 saturated carbocycles. The molecular formula is C23H27N3O. The second-order valence-corrected chi connectivity index (χ2v) is 6.57. The maximum Gasteiger partial charge on any atom is 0.263 e. The summed E-state index contributed by atoms with van der Waals surface area (Å²) in [5.41, 5.74) is 5.49. The standard InChI is InChI=1S/C23H27N3O/c1-5-18-10-12-20(13-11-18)17(4)26-23(27)21(14-24)15-25-22-16(3)8-7-9-19(22)6-2/h7-13,15,17,25H,5-6H2,1-4H3,(H,26,27)/b21-15-. The van der Waals surface area contributed by atoms with Crippen LogP contribution in [-0.2, 0) is 17.6 Å². The van der Waals surface area contributed by atoms with Gasteiger partial charge in [0.05, 0.1) is 6.04 Å². The van der Waals surface area contributed by atoms with Crippen molar-refractivity contribution in [1.29, 1.82) is 5.26 Å². The molecule has 0 aliphatic rings. The Morgan fingerprint density at radius 2 is 1.85 bits per heavy atom. The second kappa shape index (κ2) is 9.59. The summed E-state index contributed by atoms with van der Waals surface area (Å²) in [6, 6.07) is 16.0. The van der Waals surface area contributed by atoms with Crippen molar-refractivity contribution in [3.63, 3.8) is 0 Å². The van der Waals surface area contributed by atoms with Gasteiger partial charge >= 0.3 is 0 Å². The summed E-state index contributed by atoms with van der Waals surface area (Å²) < 4.78 is 0. The first-order valence-corrected chi connectivity index (χ1v) is 9.35. The molecule has 0 fully saturated rings. The first-order valence-electron chi connectivity index (χ1n) is 9.35. The number of anilines is 1. The molecule has 0 saturated heterocycles. The third-order valence-electron chi connectivity index (χ3n) is 4.70. The van der Waals surface area contributed by atoms with E-state index in [1.807, 2.05) is 50.2 Å². The smallest absolute Gasteiger partial charge is 0.263 e. The normalized spacial score (nSPS) is 12.2. The summed E-state index contributed by atoms with van der Waals surface area (Å²) in [4.78, 5) is 12.5. The van der Waals surface area contributed by atoms with E-state index >= 15 is 0 Å². The lowest BCUT2D eigenvalue weighted by Crippen LogP contribution is -2.28. The summed E-state index contributed by atoms with van der Waals surface area (Å²) in [7, 11) is 0. The number of hydrogen-bond donors (Lipinski definition) is 2. The Hall–Kier alpha value is -3.06. The van der Waals surface area contributed by atoms with Gasteiger partial charge in [0.15, 0.2) is 0 Å². The van der Waals surface area contributed by atoms with Gasteiger partial charge in [0.25, 0.3) is 5.91 Å². The number of nitrogens with zero attached hydrogens (tertiary/aromatic N) is 1. The van der Waals surface area contributed by atoms with Crippen LogP contribution in [0.25, 0.3) is 0 Å². The zero-order valence-electron chi connectivity index (χ0n) is 16.5. The maximum atomic E-state index is 12.5. The van der Waals surface area contributed by atoms with Crippen molar-refractivity contribution in [2.75, 3.05) is 5.32 Å². The van der Waals surface area contributed by atoms with Crippen LogP contribution in [0, 0.1) is 18.3 Å². The minimum Gasteiger partial charge on any atom is -0.360 e. The number of hydrogen-bond acceptors (Lipinski definition) is 3. The third-order valence-corrected chi connectivity index (χ3v) is 4.70. The van der Waals surface area contributed by atoms with E-state index in [1.54, 1.807) is 0 Å². The average Bonchev–Trinajstić information content (AvgIpc) is 2.69. The molecule has 0 radical (unpaired) electrons. The average molecular weight is 361 g/mol. The molecule has 140 valence electrons. The Morgan fingerprint density at radius 1 is 1.15 bits per heavy atom. The summed E-state index contributed by atoms with van der Waals surface area (Å²) >= 11 is 0. The number of amides is 1. The van der Waals surface area contributed by atoms with Crippen molar-refractivity contribution in [1.82, 2.24) is 5.32 Å². The number of carbonyl (C=O) groups excluding carboxylic acids is 1. The number of nitriles is 1. The van der Waals surface area contributed by atoms with Crippen molar-refractivity contribution < 1.29 is 4.79 Å². The van der Waals surface area contributed by atoms with Gasteiger partial charge in [-0.2, -0.15) is 5.26 Å². The van der Waals surface area contributed by atoms with Crippen LogP contribution in [0.15, 0.2) is 54.2 Å². The van der Waals surface area contributed by atoms with Gasteiger partial charge in [-0.1, -0.05) is 56.3 Å². The molecule has 0 bridgehead atoms. The largest absolute Gasteiger partial charge is 0.360 e. The summed E-state index contributed by atoms with van der Waals surface area (Å²) in [6.07, 6.45) is 3.34. The lowest BCUT2D eigenvalue weighted by atomic mass is 10.0. The lowest BCUT2D eigenvalue weighted by Gasteiger charge is -2.15. The molecule has 1 unspecified atom stereocenters. The SMILES string of the molecule is CCc1ccc(C(C)NC(=O)/C(C#N)=C\Nc2c(C)cccc2CC)cc1. The van der Waals surface area contributed by atoms with Crippen LogP contribution in [0.2, 0.25) is 0 Å². The molecule has 2 aromatic rings. The van der Waals surface area contributed by atoms with E-state index in [2.05, 4.69) is 36.6 Å². The van der Waals surface area contributed by atoms with Gasteiger partial charge in [0.1, 0.15) is 11.6 Å². The number of nitrogens with one attached hydrogen (secondary N) is 2. The summed E-state index contributed by atoms with van der Waals surface area (Å²) in [6.45, 7) is 8.10. The van der Waals surface area contributed by atoms with Gasteiger partial charge in [0.2, 0.25) is 0 Å². The Kier molecular flexibility index (Phi) is 7.19. The molecule has 0 spiro atoms. The van der Waals surface area contributed by atoms with E-state index in [9.17, 15) is 10.1 Å². The minimum absolute atomic E-state index is 0.0531. The van der Waals surface area contributed by atoms with Crippen LogP contribution >= 0.6 is 0 Å². The van der Waals surface area contributed by atoms with Crippen LogP contribution in [0.5, 0.6) is 0 Å². The summed E-state index contributed by atoms with van der Waals surface area (Å²) in [5.74, 6) is -0.385. The van der Waals surface area contributed by atoms with E-state index < -0.39 is 0 Å². The van der Waals surface area contributed by atoms with Crippen LogP contribution in [0.1, 0.15) is 49.1 Å². The fourth-order valence-corrected chi connectivity index (χ4v) is 2.92. The molecule has 0 aliphatic heterocycles. The number of carbonyl (C=O) groups is 1. The van der Waals surface area contributed by atoms with Gasteiger partial charge in [0, 0.05) is 11.9 Å². The highest BCUT2D eigenvalue weighted by Gasteiger charge is 2.14. The predicted molar refractivity (Wildman–Crippen MR) is 110 cm³/mol. The van der Waals surface area contributed by atoms with Crippen LogP contribution in [0.4, 0.5) is 5.69 Å². The monoisotopic (exact) mass is 361 g/mol. The minimum atomic E-state index is -0.385. The number of aryl methyl sites for hydroxylation is 3. The zero-order valence-corrected chi connectivity index (χ0v) is 16.5. The fraction of sp³-hybridized carbons (Fsp3) is 0.304. The molecule has 2 N–H and O–H groups in total. The van der Waals surface area contributed by atoms with Crippen molar-refractivity contribution in [2.24, 2.45) is 0 Å². The van der Waals surface area contributed by atoms with E-state index in [0.29, 0.717) is 0 Å². The topological polar surface area (TPSA) is 64.9 Å². The molecule has 0 aliphatic carbocycles. The Balaban J connectivity index is 2.11. The maximum absolute atomic E-state index is 12.5. The first-order chi connectivity index (χ1) is 13.0. The Bertz CT molecular complexity index is 860. The molecule has 0 aromatic heterocycles. The quantitative estimate of drug-likeness (QED) is 0.549. The number of para-hydroxylation sites is 1. The van der Waals surface area contributed by atoms with Crippen molar-refractivity contribution in [2.45, 2.75) is 46.6 Å². The van der Waals surface area contributed by atoms with E-state index in [-0.39, 0.29) is 17.5 Å². The third kappa shape index (κ3) is 5.21. The van der Waals surface area contributed by atoms with Crippen LogP contribution in [0.3, 0.4) is 0 Å². The zero-order chi connectivity index (χ0) is 19.8. The van der Waals surface area contributed by atoms with Crippen molar-refractivity contribution in [3.8, 4) is 6.07 Å². The highest BCUT2D eigenvalue weighted by atomic mass is 16.1. The number of rotatable bonds is 7. The highest BCUT2D eigenvalue weighted by Crippen LogP contribution is 2.21. The molecule has 27 heavy (non-hydrogen) atoms. The predicted octanol–water partition coefficient (Wildman–Crippen LogP) is 4.82. The lowest BCUT2D eigenvalue weighted by molar-refractivity contribution is -0.117. The first kappa shape index (κ1) is 20.3. The van der Waals surface area contributed by atoms with Gasteiger partial charge < -0.3 is 10.6 Å². The molecule has 4 nitrogen and oxygen atoms in total. The molecule has 4 heteroatoms. The molecule has 1 atom stereocenters. The van der Waals surface area contributed by atoms with Gasteiger partial charge in [-0.3, -0.25) is 4.79 Å². The van der Waals surface area contributed by atoms with Gasteiger partial charge in [-0.25, -0.2) is 0 Å². The fourth-order valence-electron chi connectivity index (χ4n) is 2.92. The van der Waals surface area contributed by atoms with E-state index in [4.69, 9.17) is 0 Å². The van der Waals surface area contributed by atoms with Gasteiger partial charge in [-0.05, 0) is 48.9 Å². The molecule has 2 aromatic carbocycles. The van der Waals surface area contributed by atoms with Crippen LogP contribution in [-0.4, -0.2) is 5.91 Å². The molecule has 0 heterocycles.